The van der Waals surface area contributed by atoms with Crippen LogP contribution in [0.5, 0.6) is 0 Å². The summed E-state index contributed by atoms with van der Waals surface area (Å²) in [7, 11) is 0. The molecule has 1 amide bonds. The van der Waals surface area contributed by atoms with Gasteiger partial charge in [0.15, 0.2) is 0 Å². The number of anilines is 2. The lowest BCUT2D eigenvalue weighted by atomic mass is 9.77. The second kappa shape index (κ2) is 7.47. The Morgan fingerprint density at radius 1 is 1.26 bits per heavy atom. The van der Waals surface area contributed by atoms with Crippen molar-refractivity contribution in [2.45, 2.75) is 32.6 Å². The zero-order valence-corrected chi connectivity index (χ0v) is 17.2. The molecule has 31 heavy (non-hydrogen) atoms. The molecular formula is C24H22N6O. The smallest absolute Gasteiger partial charge is 0.252 e. The predicted octanol–water partition coefficient (Wildman–Crippen LogP) is 4.16. The SMILES string of the molecule is Cc1ccncc1-c1cc2cc(NC(=O)C(=C3CC(C#N)C3)C3CC3)ncc2c(N)n1. The number of nitrogens with zero attached hydrogens (tertiary/aromatic N) is 4. The quantitative estimate of drug-likeness (QED) is 0.624. The van der Waals surface area contributed by atoms with Gasteiger partial charge in [-0.1, -0.05) is 5.57 Å². The number of nitrogen functional groups attached to an aromatic ring is 1. The Bertz CT molecular complexity index is 1280. The molecule has 3 heterocycles. The summed E-state index contributed by atoms with van der Waals surface area (Å²) in [6.45, 7) is 2.00. The highest BCUT2D eigenvalue weighted by atomic mass is 16.1. The third-order valence-corrected chi connectivity index (χ3v) is 6.08. The van der Waals surface area contributed by atoms with Crippen LogP contribution in [0.25, 0.3) is 22.0 Å². The molecule has 0 aliphatic heterocycles. The number of pyridine rings is 3. The summed E-state index contributed by atoms with van der Waals surface area (Å²) in [6.07, 6.45) is 8.64. The van der Waals surface area contributed by atoms with Gasteiger partial charge in [-0.25, -0.2) is 9.97 Å². The molecule has 0 bridgehead atoms. The van der Waals surface area contributed by atoms with E-state index in [9.17, 15) is 4.79 Å². The van der Waals surface area contributed by atoms with Crippen LogP contribution in [0.2, 0.25) is 0 Å². The highest BCUT2D eigenvalue weighted by Gasteiger charge is 2.37. The number of nitrogens with one attached hydrogen (secondary N) is 1. The molecule has 3 N–H and O–H groups in total. The van der Waals surface area contributed by atoms with Crippen LogP contribution in [0.3, 0.4) is 0 Å². The van der Waals surface area contributed by atoms with E-state index in [1.54, 1.807) is 18.6 Å². The number of aryl methyl sites for hydroxylation is 1. The fourth-order valence-electron chi connectivity index (χ4n) is 4.15. The molecule has 0 spiro atoms. The molecule has 0 radical (unpaired) electrons. The van der Waals surface area contributed by atoms with Crippen molar-refractivity contribution in [1.29, 1.82) is 5.26 Å². The van der Waals surface area contributed by atoms with Crippen molar-refractivity contribution in [2.24, 2.45) is 11.8 Å². The van der Waals surface area contributed by atoms with Gasteiger partial charge in [0.05, 0.1) is 17.7 Å². The lowest BCUT2D eigenvalue weighted by molar-refractivity contribution is -0.113. The average molecular weight is 410 g/mol. The standard InChI is InChI=1S/C24H22N6O/c1-13-4-5-27-11-18(13)20-8-16-9-21(28-12-19(16)23(26)29-20)30-24(31)22(15-2-3-15)17-6-14(7-17)10-25/h4-5,8-9,11-12,14-15H,2-3,6-7H2,1H3,(H2,26,29)(H,28,30,31). The zero-order chi connectivity index (χ0) is 21.5. The van der Waals surface area contributed by atoms with Gasteiger partial charge in [0, 0.05) is 35.1 Å². The van der Waals surface area contributed by atoms with Gasteiger partial charge in [0.25, 0.3) is 5.91 Å². The Balaban J connectivity index is 1.46. The van der Waals surface area contributed by atoms with Crippen LogP contribution in [-0.4, -0.2) is 20.9 Å². The molecule has 7 heteroatoms. The Morgan fingerprint density at radius 2 is 2.06 bits per heavy atom. The molecule has 3 aromatic rings. The first kappa shape index (κ1) is 19.2. The molecule has 2 saturated carbocycles. The van der Waals surface area contributed by atoms with Crippen molar-refractivity contribution in [1.82, 2.24) is 15.0 Å². The predicted molar refractivity (Wildman–Crippen MR) is 119 cm³/mol. The number of fused-ring (bicyclic) bond motifs is 1. The fraction of sp³-hybridized carbons (Fsp3) is 0.292. The molecule has 3 aromatic heterocycles. The molecule has 0 atom stereocenters. The van der Waals surface area contributed by atoms with Crippen molar-refractivity contribution in [3.05, 3.63) is 53.5 Å². The number of carbonyl (C=O) groups excluding carboxylic acids is 1. The maximum atomic E-state index is 13.0. The number of amides is 1. The molecule has 0 unspecified atom stereocenters. The zero-order valence-electron chi connectivity index (χ0n) is 17.2. The number of nitriles is 1. The number of nitrogens with two attached hydrogens (primary N) is 1. The summed E-state index contributed by atoms with van der Waals surface area (Å²) < 4.78 is 0. The van der Waals surface area contributed by atoms with E-state index in [0.29, 0.717) is 30.4 Å². The minimum atomic E-state index is -0.105. The van der Waals surface area contributed by atoms with E-state index in [1.165, 1.54) is 0 Å². The summed E-state index contributed by atoms with van der Waals surface area (Å²) in [5.74, 6) is 1.12. The molecular weight excluding hydrogens is 388 g/mol. The maximum absolute atomic E-state index is 13.0. The van der Waals surface area contributed by atoms with Crippen molar-refractivity contribution >= 4 is 28.3 Å². The van der Waals surface area contributed by atoms with Crippen LogP contribution in [0.1, 0.15) is 31.2 Å². The van der Waals surface area contributed by atoms with Crippen LogP contribution in [0.15, 0.2) is 47.9 Å². The third-order valence-electron chi connectivity index (χ3n) is 6.08. The van der Waals surface area contributed by atoms with E-state index < -0.39 is 0 Å². The highest BCUT2D eigenvalue weighted by molar-refractivity contribution is 6.06. The lowest BCUT2D eigenvalue weighted by Crippen LogP contribution is -2.23. The van der Waals surface area contributed by atoms with Gasteiger partial charge < -0.3 is 11.1 Å². The van der Waals surface area contributed by atoms with Crippen molar-refractivity contribution < 1.29 is 4.79 Å². The van der Waals surface area contributed by atoms with Gasteiger partial charge in [-0.15, -0.1) is 0 Å². The van der Waals surface area contributed by atoms with E-state index in [-0.39, 0.29) is 11.8 Å². The number of aromatic nitrogens is 3. The highest BCUT2D eigenvalue weighted by Crippen LogP contribution is 2.45. The second-order valence-electron chi connectivity index (χ2n) is 8.35. The summed E-state index contributed by atoms with van der Waals surface area (Å²) in [6, 6.07) is 7.98. The van der Waals surface area contributed by atoms with E-state index in [2.05, 4.69) is 26.3 Å². The molecule has 2 fully saturated rings. The van der Waals surface area contributed by atoms with Gasteiger partial charge in [0.2, 0.25) is 0 Å². The number of rotatable bonds is 4. The molecule has 0 aromatic carbocycles. The van der Waals surface area contributed by atoms with Crippen LogP contribution in [0.4, 0.5) is 11.6 Å². The summed E-state index contributed by atoms with van der Waals surface area (Å²) in [5.41, 5.74) is 10.9. The number of allylic oxidation sites excluding steroid dienone is 1. The third kappa shape index (κ3) is 3.61. The van der Waals surface area contributed by atoms with Crippen molar-refractivity contribution in [2.75, 3.05) is 11.1 Å². The average Bonchev–Trinajstić information content (AvgIpc) is 3.55. The number of hydrogen-bond donors (Lipinski definition) is 2. The molecule has 5 rings (SSSR count). The van der Waals surface area contributed by atoms with Crippen LogP contribution in [-0.2, 0) is 4.79 Å². The Hall–Kier alpha value is -3.79. The number of carbonyl (C=O) groups is 1. The molecule has 2 aliphatic carbocycles. The van der Waals surface area contributed by atoms with Crippen molar-refractivity contribution in [3.63, 3.8) is 0 Å². The van der Waals surface area contributed by atoms with E-state index in [4.69, 9.17) is 11.0 Å². The summed E-state index contributed by atoms with van der Waals surface area (Å²) >= 11 is 0. The van der Waals surface area contributed by atoms with Crippen LogP contribution in [0, 0.1) is 30.1 Å². The van der Waals surface area contributed by atoms with E-state index in [0.717, 1.165) is 51.6 Å². The maximum Gasteiger partial charge on any atom is 0.252 e. The van der Waals surface area contributed by atoms with Gasteiger partial charge in [0.1, 0.15) is 11.6 Å². The molecule has 7 nitrogen and oxygen atoms in total. The monoisotopic (exact) mass is 410 g/mol. The van der Waals surface area contributed by atoms with Crippen molar-refractivity contribution in [3.8, 4) is 17.3 Å². The van der Waals surface area contributed by atoms with E-state index in [1.807, 2.05) is 25.1 Å². The minimum absolute atomic E-state index is 0.0418. The normalized spacial score (nSPS) is 17.7. The Labute approximate surface area is 180 Å². The van der Waals surface area contributed by atoms with Gasteiger partial charge in [-0.05, 0) is 67.7 Å². The molecule has 0 saturated heterocycles. The van der Waals surface area contributed by atoms with Gasteiger partial charge >= 0.3 is 0 Å². The molecule has 2 aliphatic rings. The first-order valence-electron chi connectivity index (χ1n) is 10.4. The topological polar surface area (TPSA) is 118 Å². The first-order chi connectivity index (χ1) is 15.0. The van der Waals surface area contributed by atoms with E-state index >= 15 is 0 Å². The molecule has 154 valence electrons. The fourth-order valence-corrected chi connectivity index (χ4v) is 4.15. The van der Waals surface area contributed by atoms with Gasteiger partial charge in [-0.3, -0.25) is 9.78 Å². The summed E-state index contributed by atoms with van der Waals surface area (Å²) in [5, 5.41) is 13.6. The Kier molecular flexibility index (Phi) is 4.63. The summed E-state index contributed by atoms with van der Waals surface area (Å²) in [4.78, 5) is 26.1. The number of hydrogen-bond acceptors (Lipinski definition) is 6. The van der Waals surface area contributed by atoms with Crippen LogP contribution < -0.4 is 11.1 Å². The van der Waals surface area contributed by atoms with Crippen LogP contribution >= 0.6 is 0 Å². The van der Waals surface area contributed by atoms with Gasteiger partial charge in [-0.2, -0.15) is 5.26 Å². The Morgan fingerprint density at radius 3 is 2.77 bits per heavy atom. The minimum Gasteiger partial charge on any atom is -0.383 e. The second-order valence-corrected chi connectivity index (χ2v) is 8.35. The first-order valence-corrected chi connectivity index (χ1v) is 10.4. The largest absolute Gasteiger partial charge is 0.383 e. The lowest BCUT2D eigenvalue weighted by Gasteiger charge is -2.26.